The maximum Gasteiger partial charge on any atom is 0.573 e. The summed E-state index contributed by atoms with van der Waals surface area (Å²) in [5.74, 6) is -0.273. The lowest BCUT2D eigenvalue weighted by atomic mass is 10.1. The van der Waals surface area contributed by atoms with Crippen LogP contribution in [0.15, 0.2) is 24.3 Å². The van der Waals surface area contributed by atoms with Gasteiger partial charge < -0.3 is 9.29 Å². The maximum atomic E-state index is 12.0. The van der Waals surface area contributed by atoms with Crippen LogP contribution < -0.4 is 9.46 Å². The zero-order chi connectivity index (χ0) is 15.6. The van der Waals surface area contributed by atoms with Crippen LogP contribution in [-0.2, 0) is 11.4 Å². The highest BCUT2D eigenvalue weighted by Gasteiger charge is 2.31. The second kappa shape index (κ2) is 6.24. The van der Waals surface area contributed by atoms with Gasteiger partial charge in [0.05, 0.1) is 6.04 Å². The molecule has 0 spiro atoms. The molecule has 0 radical (unpaired) electrons. The van der Waals surface area contributed by atoms with Gasteiger partial charge in [0.25, 0.3) is 0 Å². The third-order valence-corrected chi connectivity index (χ3v) is 4.13. The predicted molar refractivity (Wildman–Crippen MR) is 72.6 cm³/mol. The Morgan fingerprint density at radius 2 is 1.65 bits per heavy atom. The molecule has 7 heteroatoms. The van der Waals surface area contributed by atoms with Gasteiger partial charge in [-0.3, -0.25) is 0 Å². The molecular formula is C13H18F3NO2S. The van der Waals surface area contributed by atoms with Crippen LogP contribution in [0.5, 0.6) is 5.75 Å². The minimum Gasteiger partial charge on any atom is -0.598 e. The second-order valence-electron chi connectivity index (χ2n) is 5.34. The van der Waals surface area contributed by atoms with Crippen molar-refractivity contribution in [1.82, 2.24) is 4.72 Å². The number of hydrogen-bond donors (Lipinski definition) is 1. The molecule has 0 amide bonds. The number of hydrogen-bond acceptors (Lipinski definition) is 3. The molecule has 0 bridgehead atoms. The highest BCUT2D eigenvalue weighted by molar-refractivity contribution is 7.90. The first kappa shape index (κ1) is 17.1. The SMILES string of the molecule is C[C@H](N[S+]([O-])C(C)(C)C)c1ccc(OC(F)(F)F)cc1. The van der Waals surface area contributed by atoms with Crippen LogP contribution in [0.2, 0.25) is 0 Å². The largest absolute Gasteiger partial charge is 0.598 e. The number of ether oxygens (including phenoxy) is 1. The molecule has 1 unspecified atom stereocenters. The molecule has 0 aliphatic heterocycles. The molecule has 0 saturated carbocycles. The Labute approximate surface area is 119 Å². The Kier molecular flexibility index (Phi) is 5.34. The normalized spacial score (nSPS) is 15.8. The van der Waals surface area contributed by atoms with Crippen LogP contribution in [0.3, 0.4) is 0 Å². The van der Waals surface area contributed by atoms with Gasteiger partial charge in [-0.1, -0.05) is 12.1 Å². The molecule has 1 aromatic carbocycles. The first-order chi connectivity index (χ1) is 8.99. The van der Waals surface area contributed by atoms with Crippen molar-refractivity contribution in [2.24, 2.45) is 0 Å². The van der Waals surface area contributed by atoms with Gasteiger partial charge in [-0.25, -0.2) is 0 Å². The van der Waals surface area contributed by atoms with E-state index in [0.717, 1.165) is 5.56 Å². The molecule has 114 valence electrons. The van der Waals surface area contributed by atoms with Crippen molar-refractivity contribution in [2.75, 3.05) is 0 Å². The minimum absolute atomic E-state index is 0.241. The quantitative estimate of drug-likeness (QED) is 0.863. The van der Waals surface area contributed by atoms with Gasteiger partial charge in [0, 0.05) is 11.4 Å². The van der Waals surface area contributed by atoms with Gasteiger partial charge in [-0.15, -0.1) is 17.9 Å². The van der Waals surface area contributed by atoms with Gasteiger partial charge in [0.2, 0.25) is 0 Å². The fourth-order valence-corrected chi connectivity index (χ4v) is 2.17. The number of alkyl halides is 3. The molecule has 3 nitrogen and oxygen atoms in total. The van der Waals surface area contributed by atoms with Crippen LogP contribution in [0.1, 0.15) is 39.3 Å². The molecular weight excluding hydrogens is 291 g/mol. The summed E-state index contributed by atoms with van der Waals surface area (Å²) in [6.07, 6.45) is -4.70. The van der Waals surface area contributed by atoms with E-state index >= 15 is 0 Å². The monoisotopic (exact) mass is 309 g/mol. The zero-order valence-corrected chi connectivity index (χ0v) is 12.6. The van der Waals surface area contributed by atoms with Crippen molar-refractivity contribution in [3.05, 3.63) is 29.8 Å². The van der Waals surface area contributed by atoms with Crippen molar-refractivity contribution < 1.29 is 22.5 Å². The minimum atomic E-state index is -4.70. The first-order valence-electron chi connectivity index (χ1n) is 6.03. The molecule has 2 atom stereocenters. The van der Waals surface area contributed by atoms with Crippen molar-refractivity contribution >= 4 is 11.4 Å². The molecule has 0 aliphatic rings. The fraction of sp³-hybridized carbons (Fsp3) is 0.538. The highest BCUT2D eigenvalue weighted by atomic mass is 32.2. The fourth-order valence-electron chi connectivity index (χ4n) is 1.36. The maximum absolute atomic E-state index is 12.0. The van der Waals surface area contributed by atoms with Crippen LogP contribution in [0, 0.1) is 0 Å². The second-order valence-corrected chi connectivity index (χ2v) is 7.34. The Bertz CT molecular complexity index is 429. The van der Waals surface area contributed by atoms with E-state index < -0.39 is 22.5 Å². The Morgan fingerprint density at radius 1 is 1.15 bits per heavy atom. The van der Waals surface area contributed by atoms with E-state index in [2.05, 4.69) is 9.46 Å². The summed E-state index contributed by atoms with van der Waals surface area (Å²) in [6, 6.07) is 5.26. The van der Waals surface area contributed by atoms with Crippen LogP contribution in [-0.4, -0.2) is 15.7 Å². The lowest BCUT2D eigenvalue weighted by Gasteiger charge is -2.26. The molecule has 1 rings (SSSR count). The van der Waals surface area contributed by atoms with Crippen molar-refractivity contribution in [3.63, 3.8) is 0 Å². The van der Waals surface area contributed by atoms with Crippen molar-refractivity contribution in [2.45, 2.75) is 44.8 Å². The predicted octanol–water partition coefficient (Wildman–Crippen LogP) is 3.70. The van der Waals surface area contributed by atoms with Crippen LogP contribution in [0.25, 0.3) is 0 Å². The summed E-state index contributed by atoms with van der Waals surface area (Å²) in [4.78, 5) is 0. The molecule has 0 aliphatic carbocycles. The van der Waals surface area contributed by atoms with E-state index in [-0.39, 0.29) is 11.8 Å². The number of benzene rings is 1. The van der Waals surface area contributed by atoms with Crippen LogP contribution in [0.4, 0.5) is 13.2 Å². The summed E-state index contributed by atoms with van der Waals surface area (Å²) < 4.78 is 54.3. The van der Waals surface area contributed by atoms with Crippen molar-refractivity contribution in [1.29, 1.82) is 0 Å². The standard InChI is InChI=1S/C13H18F3NO2S/c1-9(17-20(18)12(2,3)4)10-5-7-11(8-6-10)19-13(14,15)16/h5-9,17H,1-4H3/t9-,20?/m0/s1. The smallest absolute Gasteiger partial charge is 0.573 e. The van der Waals surface area contributed by atoms with Gasteiger partial charge in [-0.2, -0.15) is 0 Å². The van der Waals surface area contributed by atoms with Gasteiger partial charge >= 0.3 is 6.36 Å². The van der Waals surface area contributed by atoms with E-state index in [1.807, 2.05) is 20.8 Å². The Hall–Kier alpha value is -0.920. The van der Waals surface area contributed by atoms with Crippen LogP contribution >= 0.6 is 0 Å². The lowest BCUT2D eigenvalue weighted by molar-refractivity contribution is -0.274. The first-order valence-corrected chi connectivity index (χ1v) is 7.18. The Balaban J connectivity index is 2.69. The molecule has 0 heterocycles. The van der Waals surface area contributed by atoms with Gasteiger partial charge in [-0.05, 0) is 45.4 Å². The molecule has 0 saturated heterocycles. The zero-order valence-electron chi connectivity index (χ0n) is 11.7. The van der Waals surface area contributed by atoms with Gasteiger partial charge in [0.1, 0.15) is 10.5 Å². The average molecular weight is 309 g/mol. The summed E-state index contributed by atoms with van der Waals surface area (Å²) in [6.45, 7) is 7.30. The third kappa shape index (κ3) is 5.60. The molecule has 0 aromatic heterocycles. The number of nitrogens with one attached hydrogen (secondary N) is 1. The van der Waals surface area contributed by atoms with E-state index in [4.69, 9.17) is 0 Å². The average Bonchev–Trinajstić information content (AvgIpc) is 2.26. The number of rotatable bonds is 4. The van der Waals surface area contributed by atoms with E-state index in [0.29, 0.717) is 0 Å². The summed E-state index contributed by atoms with van der Waals surface area (Å²) in [7, 11) is 0. The summed E-state index contributed by atoms with van der Waals surface area (Å²) in [5.41, 5.74) is 0.733. The van der Waals surface area contributed by atoms with Crippen molar-refractivity contribution in [3.8, 4) is 5.75 Å². The van der Waals surface area contributed by atoms with Gasteiger partial charge in [0.15, 0.2) is 0 Å². The van der Waals surface area contributed by atoms with E-state index in [1.54, 1.807) is 6.92 Å². The third-order valence-electron chi connectivity index (χ3n) is 2.45. The number of halogens is 3. The summed E-state index contributed by atoms with van der Waals surface area (Å²) in [5, 5.41) is 0. The summed E-state index contributed by atoms with van der Waals surface area (Å²) >= 11 is -1.25. The van der Waals surface area contributed by atoms with E-state index in [1.165, 1.54) is 24.3 Å². The Morgan fingerprint density at radius 3 is 2.05 bits per heavy atom. The molecule has 20 heavy (non-hydrogen) atoms. The molecule has 1 aromatic rings. The highest BCUT2D eigenvalue weighted by Crippen LogP contribution is 2.25. The lowest BCUT2D eigenvalue weighted by Crippen LogP contribution is -2.40. The topological polar surface area (TPSA) is 44.3 Å². The van der Waals surface area contributed by atoms with E-state index in [9.17, 15) is 17.7 Å². The molecule has 1 N–H and O–H groups in total. The molecule has 0 fully saturated rings.